The topological polar surface area (TPSA) is 55.2 Å². The highest BCUT2D eigenvalue weighted by Crippen LogP contribution is 2.26. The van der Waals surface area contributed by atoms with E-state index in [-0.39, 0.29) is 11.8 Å². The molecule has 1 amide bonds. The first-order valence-corrected chi connectivity index (χ1v) is 9.05. The molecular weight excluding hydrogens is 367 g/mol. The zero-order valence-corrected chi connectivity index (χ0v) is 14.9. The molecule has 0 bridgehead atoms. The van der Waals surface area contributed by atoms with Gasteiger partial charge in [-0.2, -0.15) is 13.2 Å². The van der Waals surface area contributed by atoms with Crippen molar-refractivity contribution in [3.05, 3.63) is 50.3 Å². The van der Waals surface area contributed by atoms with Gasteiger partial charge < -0.3 is 4.90 Å². The molecule has 0 spiro atoms. The minimum absolute atomic E-state index is 0.00918. The van der Waals surface area contributed by atoms with Crippen LogP contribution in [-0.2, 0) is 12.7 Å². The first kappa shape index (κ1) is 18.6. The molecule has 0 radical (unpaired) electrons. The molecule has 26 heavy (non-hydrogen) atoms. The maximum atomic E-state index is 12.6. The van der Waals surface area contributed by atoms with Crippen LogP contribution in [0.1, 0.15) is 33.1 Å². The Bertz CT molecular complexity index is 851. The summed E-state index contributed by atoms with van der Waals surface area (Å²) in [5.74, 6) is 0.135. The summed E-state index contributed by atoms with van der Waals surface area (Å²) >= 11 is 1.46. The van der Waals surface area contributed by atoms with E-state index in [1.165, 1.54) is 15.9 Å². The normalized spacial score (nSPS) is 16.1. The van der Waals surface area contributed by atoms with E-state index in [1.807, 2.05) is 19.1 Å². The number of amides is 1. The fraction of sp³-hybridized carbons (Fsp3) is 0.471. The number of piperidine rings is 1. The molecule has 1 saturated heterocycles. The van der Waals surface area contributed by atoms with Crippen molar-refractivity contribution in [2.75, 3.05) is 13.1 Å². The van der Waals surface area contributed by atoms with Crippen molar-refractivity contribution in [2.45, 2.75) is 32.5 Å². The number of hydrogen-bond donors (Lipinski definition) is 0. The lowest BCUT2D eigenvalue weighted by atomic mass is 9.96. The summed E-state index contributed by atoms with van der Waals surface area (Å²) in [4.78, 5) is 31.2. The van der Waals surface area contributed by atoms with E-state index >= 15 is 0 Å². The molecule has 3 rings (SSSR count). The highest BCUT2D eigenvalue weighted by molar-refractivity contribution is 7.13. The number of carbonyl (C=O) groups is 1. The van der Waals surface area contributed by atoms with Gasteiger partial charge in [-0.25, -0.2) is 4.98 Å². The van der Waals surface area contributed by atoms with Crippen molar-refractivity contribution in [2.24, 2.45) is 5.92 Å². The van der Waals surface area contributed by atoms with Crippen molar-refractivity contribution < 1.29 is 18.0 Å². The lowest BCUT2D eigenvalue weighted by molar-refractivity contribution is -0.141. The number of likely N-dealkylation sites (tertiary alicyclic amines) is 1. The third-order valence-corrected chi connectivity index (χ3v) is 5.47. The summed E-state index contributed by atoms with van der Waals surface area (Å²) in [5, 5.41) is 0. The van der Waals surface area contributed by atoms with E-state index in [0.29, 0.717) is 43.4 Å². The summed E-state index contributed by atoms with van der Waals surface area (Å²) < 4.78 is 38.9. The highest BCUT2D eigenvalue weighted by Gasteiger charge is 2.33. The van der Waals surface area contributed by atoms with Crippen LogP contribution < -0.4 is 5.56 Å². The predicted octanol–water partition coefficient (Wildman–Crippen LogP) is 3.18. The van der Waals surface area contributed by atoms with Crippen molar-refractivity contribution in [3.8, 4) is 0 Å². The Balaban J connectivity index is 1.59. The summed E-state index contributed by atoms with van der Waals surface area (Å²) in [6, 6.07) is 4.26. The van der Waals surface area contributed by atoms with Gasteiger partial charge in [-0.15, -0.1) is 11.3 Å². The van der Waals surface area contributed by atoms with Crippen LogP contribution in [0.4, 0.5) is 13.2 Å². The molecule has 0 atom stereocenters. The van der Waals surface area contributed by atoms with Crippen LogP contribution in [-0.4, -0.2) is 33.4 Å². The molecule has 1 aliphatic heterocycles. The zero-order valence-electron chi connectivity index (χ0n) is 14.1. The molecule has 0 aromatic carbocycles. The molecule has 3 heterocycles. The van der Waals surface area contributed by atoms with Gasteiger partial charge in [-0.05, 0) is 37.8 Å². The van der Waals surface area contributed by atoms with Gasteiger partial charge in [0.15, 0.2) is 5.69 Å². The van der Waals surface area contributed by atoms with Crippen LogP contribution >= 0.6 is 11.3 Å². The van der Waals surface area contributed by atoms with Gasteiger partial charge in [0.05, 0.1) is 11.2 Å². The van der Waals surface area contributed by atoms with E-state index in [0.717, 1.165) is 11.2 Å². The van der Waals surface area contributed by atoms with E-state index in [1.54, 1.807) is 4.90 Å². The number of carbonyl (C=O) groups excluding carboxylic acids is 1. The summed E-state index contributed by atoms with van der Waals surface area (Å²) in [7, 11) is 0. The second kappa shape index (κ2) is 7.22. The fourth-order valence-electron chi connectivity index (χ4n) is 3.02. The maximum Gasteiger partial charge on any atom is 0.433 e. The third kappa shape index (κ3) is 4.14. The lowest BCUT2D eigenvalue weighted by Gasteiger charge is -2.32. The number of hydrogen-bond acceptors (Lipinski definition) is 4. The van der Waals surface area contributed by atoms with Gasteiger partial charge in [0.1, 0.15) is 0 Å². The second-order valence-electron chi connectivity index (χ2n) is 6.41. The SMILES string of the molecule is Cc1ccc(C(=O)N2CCC(Cn3cnc(C(F)(F)F)cc3=O)CC2)s1. The molecule has 1 aliphatic rings. The van der Waals surface area contributed by atoms with Crippen LogP contribution in [0.15, 0.2) is 29.3 Å². The highest BCUT2D eigenvalue weighted by atomic mass is 32.1. The number of rotatable bonds is 3. The Morgan fingerprint density at radius 1 is 1.31 bits per heavy atom. The summed E-state index contributed by atoms with van der Waals surface area (Å²) in [6.07, 6.45) is -2.27. The molecule has 5 nitrogen and oxygen atoms in total. The van der Waals surface area contributed by atoms with Crippen molar-refractivity contribution >= 4 is 17.2 Å². The largest absolute Gasteiger partial charge is 0.433 e. The number of nitrogens with zero attached hydrogens (tertiary/aromatic N) is 3. The van der Waals surface area contributed by atoms with Crippen LogP contribution in [0.2, 0.25) is 0 Å². The molecule has 2 aromatic heterocycles. The van der Waals surface area contributed by atoms with Crippen molar-refractivity contribution in [3.63, 3.8) is 0 Å². The van der Waals surface area contributed by atoms with Crippen LogP contribution in [0.25, 0.3) is 0 Å². The summed E-state index contributed by atoms with van der Waals surface area (Å²) in [5.41, 5.74) is -1.88. The van der Waals surface area contributed by atoms with Crippen LogP contribution in [0.5, 0.6) is 0 Å². The van der Waals surface area contributed by atoms with Crippen LogP contribution in [0.3, 0.4) is 0 Å². The smallest absolute Gasteiger partial charge is 0.338 e. The van der Waals surface area contributed by atoms with Gasteiger partial charge in [-0.1, -0.05) is 0 Å². The van der Waals surface area contributed by atoms with Crippen molar-refractivity contribution in [1.29, 1.82) is 0 Å². The van der Waals surface area contributed by atoms with Crippen molar-refractivity contribution in [1.82, 2.24) is 14.5 Å². The van der Waals surface area contributed by atoms with Gasteiger partial charge in [0.2, 0.25) is 0 Å². The minimum atomic E-state index is -4.62. The Kier molecular flexibility index (Phi) is 5.17. The molecule has 0 aliphatic carbocycles. The average molecular weight is 385 g/mol. The molecular formula is C17H18F3N3O2S. The maximum absolute atomic E-state index is 12.6. The van der Waals surface area contributed by atoms with Gasteiger partial charge in [0.25, 0.3) is 11.5 Å². The van der Waals surface area contributed by atoms with E-state index in [2.05, 4.69) is 4.98 Å². The molecule has 0 N–H and O–H groups in total. The third-order valence-electron chi connectivity index (χ3n) is 4.48. The quantitative estimate of drug-likeness (QED) is 0.816. The molecule has 0 saturated carbocycles. The van der Waals surface area contributed by atoms with Gasteiger partial charge in [-0.3, -0.25) is 14.2 Å². The summed E-state index contributed by atoms with van der Waals surface area (Å²) in [6.45, 7) is 3.40. The van der Waals surface area contributed by atoms with Gasteiger partial charge >= 0.3 is 6.18 Å². The standard InChI is InChI=1S/C17H18F3N3O2S/c1-11-2-3-13(26-11)16(25)22-6-4-12(5-7-22)9-23-10-21-14(8-15(23)24)17(18,19)20/h2-3,8,10,12H,4-7,9H2,1H3. The molecule has 140 valence electrons. The fourth-order valence-corrected chi connectivity index (χ4v) is 3.86. The van der Waals surface area contributed by atoms with E-state index < -0.39 is 17.4 Å². The Morgan fingerprint density at radius 2 is 2.00 bits per heavy atom. The Hall–Kier alpha value is -2.16. The molecule has 2 aromatic rings. The number of thiophene rings is 1. The number of aryl methyl sites for hydroxylation is 1. The minimum Gasteiger partial charge on any atom is -0.338 e. The predicted molar refractivity (Wildman–Crippen MR) is 91.2 cm³/mol. The Labute approximate surface area is 152 Å². The molecule has 9 heteroatoms. The number of aromatic nitrogens is 2. The van der Waals surface area contributed by atoms with E-state index in [9.17, 15) is 22.8 Å². The monoisotopic (exact) mass is 385 g/mol. The molecule has 0 unspecified atom stereocenters. The first-order chi connectivity index (χ1) is 12.2. The average Bonchev–Trinajstić information content (AvgIpc) is 3.02. The van der Waals surface area contributed by atoms with E-state index in [4.69, 9.17) is 0 Å². The molecule has 1 fully saturated rings. The Morgan fingerprint density at radius 3 is 2.54 bits per heavy atom. The van der Waals surface area contributed by atoms with Gasteiger partial charge in [0, 0.05) is 30.6 Å². The first-order valence-electron chi connectivity index (χ1n) is 8.23. The number of halogens is 3. The van der Waals surface area contributed by atoms with Crippen LogP contribution in [0, 0.1) is 12.8 Å². The lowest BCUT2D eigenvalue weighted by Crippen LogP contribution is -2.39. The number of alkyl halides is 3. The second-order valence-corrected chi connectivity index (χ2v) is 7.70. The zero-order chi connectivity index (χ0) is 18.9.